The van der Waals surface area contributed by atoms with E-state index in [1.807, 2.05) is 6.92 Å². The van der Waals surface area contributed by atoms with Crippen LogP contribution in [0.5, 0.6) is 0 Å². The summed E-state index contributed by atoms with van der Waals surface area (Å²) in [6.07, 6.45) is 4.59. The van der Waals surface area contributed by atoms with Gasteiger partial charge in [-0.2, -0.15) is 0 Å². The maximum atomic E-state index is 12.6. The van der Waals surface area contributed by atoms with Gasteiger partial charge in [-0.15, -0.1) is 11.8 Å². The van der Waals surface area contributed by atoms with Gasteiger partial charge in [-0.05, 0) is 73.7 Å². The van der Waals surface area contributed by atoms with Gasteiger partial charge in [-0.25, -0.2) is 8.42 Å². The fourth-order valence-corrected chi connectivity index (χ4v) is 4.60. The number of thioether (sulfide) groups is 1. The highest BCUT2D eigenvalue weighted by Gasteiger charge is 2.18. The number of carbonyl (C=O) groups is 1. The highest BCUT2D eigenvalue weighted by atomic mass is 32.2. The van der Waals surface area contributed by atoms with E-state index in [0.29, 0.717) is 11.3 Å². The highest BCUT2D eigenvalue weighted by molar-refractivity contribution is 8.00. The van der Waals surface area contributed by atoms with Gasteiger partial charge in [0.2, 0.25) is 10.0 Å². The minimum atomic E-state index is -3.31. The van der Waals surface area contributed by atoms with Crippen molar-refractivity contribution in [1.29, 1.82) is 0 Å². The Bertz CT molecular complexity index is 889. The predicted octanol–water partition coefficient (Wildman–Crippen LogP) is 3.91. The number of fused-ring (bicyclic) bond motifs is 1. The minimum Gasteiger partial charge on any atom is -0.293 e. The van der Waals surface area contributed by atoms with Crippen molar-refractivity contribution in [2.45, 2.75) is 36.3 Å². The number of Topliss-reactive ketones (excluding diaryl/α,β-unsaturated/α-hetero) is 1. The average molecular weight is 376 g/mol. The van der Waals surface area contributed by atoms with E-state index in [-0.39, 0.29) is 11.0 Å². The molecule has 0 unspecified atom stereocenters. The lowest BCUT2D eigenvalue weighted by Crippen LogP contribution is -2.14. The van der Waals surface area contributed by atoms with Gasteiger partial charge in [0, 0.05) is 16.1 Å². The van der Waals surface area contributed by atoms with Gasteiger partial charge in [0.25, 0.3) is 0 Å². The molecule has 0 bridgehead atoms. The molecule has 0 saturated carbocycles. The van der Waals surface area contributed by atoms with Crippen LogP contribution in [0.1, 0.15) is 34.8 Å². The van der Waals surface area contributed by atoms with E-state index in [1.165, 1.54) is 17.5 Å². The van der Waals surface area contributed by atoms with Crippen LogP contribution in [0.2, 0.25) is 0 Å². The SMILES string of the molecule is C[C@@H](Sc1ccc2c(c1)CCC2)C(=O)c1ccc(NS(C)(=O)=O)cc1. The van der Waals surface area contributed by atoms with E-state index in [1.54, 1.807) is 36.0 Å². The Hall–Kier alpha value is -1.79. The smallest absolute Gasteiger partial charge is 0.229 e. The third-order valence-corrected chi connectivity index (χ3v) is 5.92. The molecule has 1 atom stereocenters. The molecule has 0 heterocycles. The zero-order chi connectivity index (χ0) is 18.0. The first-order valence-electron chi connectivity index (χ1n) is 8.22. The average Bonchev–Trinajstić information content (AvgIpc) is 3.01. The number of ketones is 1. The Balaban J connectivity index is 1.67. The number of hydrogen-bond acceptors (Lipinski definition) is 4. The third kappa shape index (κ3) is 4.64. The number of hydrogen-bond donors (Lipinski definition) is 1. The lowest BCUT2D eigenvalue weighted by molar-refractivity contribution is 0.0994. The van der Waals surface area contributed by atoms with Crippen LogP contribution >= 0.6 is 11.8 Å². The molecule has 2 aromatic carbocycles. The standard InChI is InChI=1S/C19H21NO3S2/c1-13(24-18-11-8-14-4-3-5-16(14)12-18)19(21)15-6-9-17(10-7-15)20-25(2,22)23/h6-13,20H,3-5H2,1-2H3/t13-/m1/s1. The summed E-state index contributed by atoms with van der Waals surface area (Å²) in [5, 5.41) is -0.201. The van der Waals surface area contributed by atoms with Crippen LogP contribution in [0.25, 0.3) is 0 Å². The first-order valence-corrected chi connectivity index (χ1v) is 11.0. The Labute approximate surface area is 153 Å². The fraction of sp³-hybridized carbons (Fsp3) is 0.316. The molecule has 0 amide bonds. The minimum absolute atomic E-state index is 0.0383. The topological polar surface area (TPSA) is 63.2 Å². The summed E-state index contributed by atoms with van der Waals surface area (Å²) in [7, 11) is -3.31. The Morgan fingerprint density at radius 3 is 2.44 bits per heavy atom. The van der Waals surface area contributed by atoms with Gasteiger partial charge >= 0.3 is 0 Å². The normalized spacial score (nSPS) is 14.8. The summed E-state index contributed by atoms with van der Waals surface area (Å²) in [6, 6.07) is 13.0. The largest absolute Gasteiger partial charge is 0.293 e. The van der Waals surface area contributed by atoms with E-state index in [2.05, 4.69) is 22.9 Å². The quantitative estimate of drug-likeness (QED) is 0.614. The van der Waals surface area contributed by atoms with Crippen LogP contribution in [0.3, 0.4) is 0 Å². The first kappa shape index (κ1) is 18.0. The zero-order valence-electron chi connectivity index (χ0n) is 14.3. The number of benzene rings is 2. The van der Waals surface area contributed by atoms with Crippen LogP contribution in [-0.2, 0) is 22.9 Å². The van der Waals surface area contributed by atoms with Crippen molar-refractivity contribution >= 4 is 33.3 Å². The van der Waals surface area contributed by atoms with Gasteiger partial charge in [-0.3, -0.25) is 9.52 Å². The molecule has 4 nitrogen and oxygen atoms in total. The van der Waals surface area contributed by atoms with E-state index >= 15 is 0 Å². The molecular formula is C19H21NO3S2. The van der Waals surface area contributed by atoms with Crippen molar-refractivity contribution in [1.82, 2.24) is 0 Å². The van der Waals surface area contributed by atoms with Crippen molar-refractivity contribution in [2.75, 3.05) is 11.0 Å². The molecule has 1 aliphatic carbocycles. The van der Waals surface area contributed by atoms with Crippen LogP contribution < -0.4 is 4.72 Å². The number of nitrogens with one attached hydrogen (secondary N) is 1. The molecule has 3 rings (SSSR count). The summed E-state index contributed by atoms with van der Waals surface area (Å²) in [4.78, 5) is 13.7. The van der Waals surface area contributed by atoms with Crippen molar-refractivity contribution in [2.24, 2.45) is 0 Å². The summed E-state index contributed by atoms with van der Waals surface area (Å²) in [6.45, 7) is 1.91. The molecule has 0 aliphatic heterocycles. The van der Waals surface area contributed by atoms with Crippen LogP contribution in [0.4, 0.5) is 5.69 Å². The first-order chi connectivity index (χ1) is 11.8. The molecule has 0 saturated heterocycles. The molecule has 6 heteroatoms. The van der Waals surface area contributed by atoms with Crippen LogP contribution in [0.15, 0.2) is 47.4 Å². The summed E-state index contributed by atoms with van der Waals surface area (Å²) < 4.78 is 24.9. The maximum absolute atomic E-state index is 12.6. The fourth-order valence-electron chi connectivity index (χ4n) is 3.03. The van der Waals surface area contributed by atoms with Crippen molar-refractivity contribution in [3.05, 3.63) is 59.2 Å². The third-order valence-electron chi connectivity index (χ3n) is 4.22. The molecule has 0 radical (unpaired) electrons. The number of anilines is 1. The molecule has 0 aromatic heterocycles. The highest BCUT2D eigenvalue weighted by Crippen LogP contribution is 2.31. The second kappa shape index (κ2) is 7.22. The second-order valence-corrected chi connectivity index (χ2v) is 9.52. The molecule has 25 heavy (non-hydrogen) atoms. The lowest BCUT2D eigenvalue weighted by Gasteiger charge is -2.12. The molecule has 1 aliphatic rings. The van der Waals surface area contributed by atoms with Crippen molar-refractivity contribution in [3.63, 3.8) is 0 Å². The Kier molecular flexibility index (Phi) is 5.20. The maximum Gasteiger partial charge on any atom is 0.229 e. The molecule has 0 spiro atoms. The monoisotopic (exact) mass is 375 g/mol. The van der Waals surface area contributed by atoms with Crippen molar-refractivity contribution in [3.8, 4) is 0 Å². The molecular weight excluding hydrogens is 354 g/mol. The number of carbonyl (C=O) groups excluding carboxylic acids is 1. The number of sulfonamides is 1. The molecule has 132 valence electrons. The van der Waals surface area contributed by atoms with E-state index in [4.69, 9.17) is 0 Å². The van der Waals surface area contributed by atoms with Gasteiger partial charge in [-0.1, -0.05) is 6.07 Å². The van der Waals surface area contributed by atoms with E-state index < -0.39 is 10.0 Å². The van der Waals surface area contributed by atoms with Gasteiger partial charge in [0.05, 0.1) is 11.5 Å². The Morgan fingerprint density at radius 1 is 1.08 bits per heavy atom. The summed E-state index contributed by atoms with van der Waals surface area (Å²) in [5.74, 6) is 0.0383. The second-order valence-electron chi connectivity index (χ2n) is 6.36. The molecule has 2 aromatic rings. The lowest BCUT2D eigenvalue weighted by atomic mass is 10.1. The van der Waals surface area contributed by atoms with E-state index in [9.17, 15) is 13.2 Å². The van der Waals surface area contributed by atoms with Gasteiger partial charge < -0.3 is 0 Å². The van der Waals surface area contributed by atoms with Gasteiger partial charge in [0.1, 0.15) is 0 Å². The zero-order valence-corrected chi connectivity index (χ0v) is 15.9. The van der Waals surface area contributed by atoms with Crippen molar-refractivity contribution < 1.29 is 13.2 Å². The van der Waals surface area contributed by atoms with Crippen LogP contribution in [-0.4, -0.2) is 25.7 Å². The number of rotatable bonds is 6. The van der Waals surface area contributed by atoms with Gasteiger partial charge in [0.15, 0.2) is 5.78 Å². The summed E-state index contributed by atoms with van der Waals surface area (Å²) in [5.41, 5.74) is 3.87. The molecule has 0 fully saturated rings. The van der Waals surface area contributed by atoms with Crippen LogP contribution in [0, 0.1) is 0 Å². The van der Waals surface area contributed by atoms with E-state index in [0.717, 1.165) is 24.0 Å². The predicted molar refractivity (Wildman–Crippen MR) is 103 cm³/mol. The Morgan fingerprint density at radius 2 is 1.76 bits per heavy atom. The summed E-state index contributed by atoms with van der Waals surface area (Å²) >= 11 is 1.57. The molecule has 1 N–H and O–H groups in total. The number of aryl methyl sites for hydroxylation is 2.